The third-order valence-electron chi connectivity index (χ3n) is 5.83. The lowest BCUT2D eigenvalue weighted by Crippen LogP contribution is -2.08. The first-order valence-corrected chi connectivity index (χ1v) is 12.2. The largest absolute Gasteiger partial charge is 0.490 e. The molecule has 0 aliphatic heterocycles. The second kappa shape index (κ2) is 15.1. The summed E-state index contributed by atoms with van der Waals surface area (Å²) >= 11 is 0. The highest BCUT2D eigenvalue weighted by molar-refractivity contribution is 5.48. The number of hydrogen-bond acceptors (Lipinski definition) is 4. The highest BCUT2D eigenvalue weighted by Crippen LogP contribution is 2.32. The van der Waals surface area contributed by atoms with Gasteiger partial charge in [0, 0.05) is 6.07 Å². The van der Waals surface area contributed by atoms with E-state index in [0.29, 0.717) is 36.5 Å². The number of benzene rings is 1. The normalized spacial score (nSPS) is 13.4. The van der Waals surface area contributed by atoms with Gasteiger partial charge in [-0.05, 0) is 42.6 Å². The van der Waals surface area contributed by atoms with Gasteiger partial charge in [-0.2, -0.15) is 0 Å². The van der Waals surface area contributed by atoms with E-state index in [0.717, 1.165) is 24.7 Å². The van der Waals surface area contributed by atoms with Gasteiger partial charge in [0.15, 0.2) is 11.5 Å². The predicted molar refractivity (Wildman–Crippen MR) is 129 cm³/mol. The molecular formula is C26H45NO4. The highest BCUT2D eigenvalue weighted by atomic mass is 16.6. The van der Waals surface area contributed by atoms with Crippen molar-refractivity contribution in [2.75, 3.05) is 13.2 Å². The lowest BCUT2D eigenvalue weighted by Gasteiger charge is -2.16. The van der Waals surface area contributed by atoms with Gasteiger partial charge < -0.3 is 9.47 Å². The Morgan fingerprint density at radius 1 is 0.742 bits per heavy atom. The first-order valence-electron chi connectivity index (χ1n) is 12.2. The number of nitro benzene ring substituents is 1. The molecule has 0 bridgehead atoms. The van der Waals surface area contributed by atoms with Gasteiger partial charge in [0.1, 0.15) is 0 Å². The van der Waals surface area contributed by atoms with E-state index in [4.69, 9.17) is 9.47 Å². The van der Waals surface area contributed by atoms with Gasteiger partial charge in [-0.1, -0.05) is 80.1 Å². The zero-order valence-electron chi connectivity index (χ0n) is 20.7. The van der Waals surface area contributed by atoms with Crippen LogP contribution in [0.2, 0.25) is 0 Å². The third-order valence-corrected chi connectivity index (χ3v) is 5.83. The van der Waals surface area contributed by atoms with Crippen LogP contribution in [0.1, 0.15) is 92.9 Å². The van der Waals surface area contributed by atoms with E-state index in [9.17, 15) is 10.1 Å². The molecule has 2 atom stereocenters. The Hall–Kier alpha value is -1.78. The monoisotopic (exact) mass is 435 g/mol. The van der Waals surface area contributed by atoms with E-state index in [-0.39, 0.29) is 10.6 Å². The van der Waals surface area contributed by atoms with E-state index in [1.165, 1.54) is 50.7 Å². The number of nitrogens with zero attached hydrogens (tertiary/aromatic N) is 1. The van der Waals surface area contributed by atoms with Gasteiger partial charge in [-0.25, -0.2) is 0 Å². The summed E-state index contributed by atoms with van der Waals surface area (Å²) in [6.45, 7) is 14.7. The second-order valence-corrected chi connectivity index (χ2v) is 10.0. The van der Waals surface area contributed by atoms with Crippen LogP contribution in [0.5, 0.6) is 11.5 Å². The van der Waals surface area contributed by atoms with Crippen molar-refractivity contribution in [3.8, 4) is 11.5 Å². The molecule has 0 saturated carbocycles. The zero-order valence-corrected chi connectivity index (χ0v) is 20.7. The summed E-state index contributed by atoms with van der Waals surface area (Å²) < 4.78 is 11.9. The minimum atomic E-state index is -0.387. The van der Waals surface area contributed by atoms with Crippen molar-refractivity contribution in [1.82, 2.24) is 0 Å². The van der Waals surface area contributed by atoms with Crippen molar-refractivity contribution in [1.29, 1.82) is 0 Å². The fourth-order valence-corrected chi connectivity index (χ4v) is 3.62. The van der Waals surface area contributed by atoms with E-state index in [1.54, 1.807) is 6.07 Å². The maximum atomic E-state index is 11.2. The minimum Gasteiger partial charge on any atom is -0.490 e. The smallest absolute Gasteiger partial charge is 0.273 e. The zero-order chi connectivity index (χ0) is 23.2. The van der Waals surface area contributed by atoms with E-state index in [2.05, 4.69) is 41.5 Å². The molecule has 0 fully saturated rings. The van der Waals surface area contributed by atoms with Crippen LogP contribution in [0.4, 0.5) is 5.69 Å². The van der Waals surface area contributed by atoms with Crippen molar-refractivity contribution < 1.29 is 14.4 Å². The molecule has 0 amide bonds. The summed E-state index contributed by atoms with van der Waals surface area (Å²) in [4.78, 5) is 10.8. The molecule has 0 heterocycles. The average molecular weight is 436 g/mol. The first kappa shape index (κ1) is 27.3. The van der Waals surface area contributed by atoms with Gasteiger partial charge >= 0.3 is 0 Å². The van der Waals surface area contributed by atoms with Crippen LogP contribution in [0.25, 0.3) is 0 Å². The maximum absolute atomic E-state index is 11.2. The number of non-ortho nitro benzene ring substituents is 1. The Morgan fingerprint density at radius 3 is 1.68 bits per heavy atom. The van der Waals surface area contributed by atoms with Crippen LogP contribution >= 0.6 is 0 Å². The molecule has 0 spiro atoms. The Labute approximate surface area is 190 Å². The molecule has 0 aliphatic rings. The van der Waals surface area contributed by atoms with Crippen LogP contribution in [0.3, 0.4) is 0 Å². The third kappa shape index (κ3) is 12.6. The molecule has 0 aliphatic carbocycles. The molecule has 1 aromatic carbocycles. The Kier molecular flexibility index (Phi) is 13.3. The molecule has 0 aromatic heterocycles. The van der Waals surface area contributed by atoms with E-state index in [1.807, 2.05) is 0 Å². The molecule has 1 rings (SSSR count). The number of rotatable bonds is 17. The lowest BCUT2D eigenvalue weighted by atomic mass is 9.97. The van der Waals surface area contributed by atoms with Crippen molar-refractivity contribution >= 4 is 5.69 Å². The van der Waals surface area contributed by atoms with Crippen LogP contribution in [-0.4, -0.2) is 18.1 Å². The minimum absolute atomic E-state index is 0.0365. The van der Waals surface area contributed by atoms with Gasteiger partial charge in [0.25, 0.3) is 5.69 Å². The molecule has 1 aromatic rings. The SMILES string of the molecule is CC(C)CCCC(C)CCOc1ccc([N+](=O)[O-])cc1OCCC(C)CCCC(C)C. The lowest BCUT2D eigenvalue weighted by molar-refractivity contribution is -0.385. The average Bonchev–Trinajstić information content (AvgIpc) is 2.68. The summed E-state index contributed by atoms with van der Waals surface area (Å²) in [7, 11) is 0. The van der Waals surface area contributed by atoms with Gasteiger partial charge in [-0.15, -0.1) is 0 Å². The number of hydrogen-bond donors (Lipinski definition) is 0. The molecule has 0 radical (unpaired) electrons. The van der Waals surface area contributed by atoms with Crippen molar-refractivity contribution in [2.24, 2.45) is 23.7 Å². The summed E-state index contributed by atoms with van der Waals surface area (Å²) in [6, 6.07) is 4.65. The van der Waals surface area contributed by atoms with E-state index >= 15 is 0 Å². The van der Waals surface area contributed by atoms with E-state index < -0.39 is 0 Å². The maximum Gasteiger partial charge on any atom is 0.273 e. The summed E-state index contributed by atoms with van der Waals surface area (Å²) in [5.74, 6) is 3.76. The topological polar surface area (TPSA) is 61.6 Å². The molecule has 178 valence electrons. The molecule has 0 saturated heterocycles. The molecule has 31 heavy (non-hydrogen) atoms. The number of ether oxygens (including phenoxy) is 2. The van der Waals surface area contributed by atoms with Crippen molar-refractivity contribution in [3.63, 3.8) is 0 Å². The molecule has 2 unspecified atom stereocenters. The van der Waals surface area contributed by atoms with Gasteiger partial charge in [0.2, 0.25) is 0 Å². The fourth-order valence-electron chi connectivity index (χ4n) is 3.62. The standard InChI is InChI=1S/C26H45NO4/c1-20(2)9-7-11-22(5)15-17-30-25-14-13-24(27(28)29)19-26(25)31-18-16-23(6)12-8-10-21(3)4/h13-14,19-23H,7-12,15-18H2,1-6H3. The van der Waals surface area contributed by atoms with Gasteiger partial charge in [-0.3, -0.25) is 10.1 Å². The van der Waals surface area contributed by atoms with Crippen LogP contribution in [-0.2, 0) is 0 Å². The van der Waals surface area contributed by atoms with Crippen LogP contribution in [0.15, 0.2) is 18.2 Å². The highest BCUT2D eigenvalue weighted by Gasteiger charge is 2.14. The Morgan fingerprint density at radius 2 is 1.23 bits per heavy atom. The molecule has 0 N–H and O–H groups in total. The number of nitro groups is 1. The van der Waals surface area contributed by atoms with Gasteiger partial charge in [0.05, 0.1) is 24.2 Å². The van der Waals surface area contributed by atoms with Crippen LogP contribution in [0, 0.1) is 33.8 Å². The van der Waals surface area contributed by atoms with Crippen molar-refractivity contribution in [2.45, 2.75) is 92.9 Å². The summed E-state index contributed by atoms with van der Waals surface area (Å²) in [5.41, 5.74) is 0.0365. The molecule has 5 nitrogen and oxygen atoms in total. The Balaban J connectivity index is 2.53. The second-order valence-electron chi connectivity index (χ2n) is 10.0. The Bertz CT molecular complexity index is 630. The molecule has 5 heteroatoms. The summed E-state index contributed by atoms with van der Waals surface area (Å²) in [6.07, 6.45) is 9.31. The first-order chi connectivity index (χ1) is 14.7. The predicted octanol–water partition coefficient (Wildman–Crippen LogP) is 8.06. The molecular weight excluding hydrogens is 390 g/mol. The van der Waals surface area contributed by atoms with Crippen molar-refractivity contribution in [3.05, 3.63) is 28.3 Å². The quantitative estimate of drug-likeness (QED) is 0.183. The fraction of sp³-hybridized carbons (Fsp3) is 0.769. The van der Waals surface area contributed by atoms with Crippen LogP contribution < -0.4 is 9.47 Å². The summed E-state index contributed by atoms with van der Waals surface area (Å²) in [5, 5.41) is 11.2.